The molecule has 5 unspecified atom stereocenters. The third-order valence-corrected chi connectivity index (χ3v) is 3.58. The number of aliphatic hydroxyl groups excluding tert-OH is 4. The topological polar surface area (TPSA) is 183 Å². The second kappa shape index (κ2) is 7.07. The van der Waals surface area contributed by atoms with Gasteiger partial charge in [0.1, 0.15) is 24.4 Å². The van der Waals surface area contributed by atoms with Gasteiger partial charge in [0.25, 0.3) is 5.69 Å². The highest BCUT2D eigenvalue weighted by Gasteiger charge is 2.43. The summed E-state index contributed by atoms with van der Waals surface area (Å²) >= 11 is 0. The molecule has 0 saturated carbocycles. The Morgan fingerprint density at radius 2 is 1.88 bits per heavy atom. The molecule has 0 aliphatic carbocycles. The molecule has 1 aromatic rings. The SMILES string of the molecule is O=C(O)c1cc(NC2OC(CO)C(O)C(O)C2O)cc([N+](=O)[O-])c1. The number of carbonyl (C=O) groups is 1. The van der Waals surface area contributed by atoms with Crippen LogP contribution in [0.5, 0.6) is 0 Å². The number of nitrogens with one attached hydrogen (secondary N) is 1. The number of aliphatic hydroxyl groups is 4. The number of non-ortho nitro benzene ring substituents is 1. The molecule has 5 atom stereocenters. The molecule has 1 aromatic carbocycles. The zero-order valence-corrected chi connectivity index (χ0v) is 12.1. The lowest BCUT2D eigenvalue weighted by Crippen LogP contribution is -2.60. The summed E-state index contributed by atoms with van der Waals surface area (Å²) in [7, 11) is 0. The van der Waals surface area contributed by atoms with E-state index < -0.39 is 53.8 Å². The van der Waals surface area contributed by atoms with Gasteiger partial charge in [-0.25, -0.2) is 4.79 Å². The number of nitro benzene ring substituents is 1. The van der Waals surface area contributed by atoms with Crippen LogP contribution < -0.4 is 5.32 Å². The van der Waals surface area contributed by atoms with E-state index in [9.17, 15) is 30.2 Å². The lowest BCUT2D eigenvalue weighted by atomic mass is 9.98. The molecule has 0 bridgehead atoms. The number of nitrogens with zero attached hydrogens (tertiary/aromatic N) is 1. The van der Waals surface area contributed by atoms with E-state index in [1.54, 1.807) is 0 Å². The van der Waals surface area contributed by atoms with Crippen LogP contribution in [0.25, 0.3) is 0 Å². The van der Waals surface area contributed by atoms with Crippen LogP contribution in [0.3, 0.4) is 0 Å². The quantitative estimate of drug-likeness (QED) is 0.271. The Morgan fingerprint density at radius 3 is 2.42 bits per heavy atom. The van der Waals surface area contributed by atoms with E-state index in [4.69, 9.17) is 14.9 Å². The van der Waals surface area contributed by atoms with Gasteiger partial charge in [-0.2, -0.15) is 0 Å². The van der Waals surface area contributed by atoms with Crippen molar-refractivity contribution in [3.8, 4) is 0 Å². The second-order valence-electron chi connectivity index (χ2n) is 5.22. The van der Waals surface area contributed by atoms with E-state index in [-0.39, 0.29) is 11.3 Å². The molecule has 11 heteroatoms. The maximum Gasteiger partial charge on any atom is 0.336 e. The number of hydrogen-bond donors (Lipinski definition) is 6. The number of ether oxygens (including phenoxy) is 1. The van der Waals surface area contributed by atoms with Gasteiger partial charge in [-0.05, 0) is 6.07 Å². The summed E-state index contributed by atoms with van der Waals surface area (Å²) in [6.07, 6.45) is -7.30. The number of carboxylic acid groups (broad SMARTS) is 1. The van der Waals surface area contributed by atoms with Crippen molar-refractivity contribution >= 4 is 17.3 Å². The van der Waals surface area contributed by atoms with Crippen LogP contribution in [0.2, 0.25) is 0 Å². The highest BCUT2D eigenvalue weighted by Crippen LogP contribution is 2.26. The maximum absolute atomic E-state index is 11.0. The molecule has 1 fully saturated rings. The first-order valence-corrected chi connectivity index (χ1v) is 6.84. The molecule has 0 radical (unpaired) electrons. The van der Waals surface area contributed by atoms with Gasteiger partial charge in [0.2, 0.25) is 0 Å². The van der Waals surface area contributed by atoms with E-state index >= 15 is 0 Å². The number of hydrogen-bond acceptors (Lipinski definition) is 9. The Labute approximate surface area is 134 Å². The fourth-order valence-electron chi connectivity index (χ4n) is 2.31. The highest BCUT2D eigenvalue weighted by molar-refractivity contribution is 5.90. The Bertz CT molecular complexity index is 604. The number of rotatable bonds is 5. The van der Waals surface area contributed by atoms with Gasteiger partial charge in [0.15, 0.2) is 6.23 Å². The highest BCUT2D eigenvalue weighted by atomic mass is 16.6. The summed E-state index contributed by atoms with van der Waals surface area (Å²) in [4.78, 5) is 21.1. The minimum absolute atomic E-state index is 0.0501. The summed E-state index contributed by atoms with van der Waals surface area (Å²) in [5.41, 5.74) is -0.913. The van der Waals surface area contributed by atoms with Crippen LogP contribution in [0.4, 0.5) is 11.4 Å². The number of benzene rings is 1. The maximum atomic E-state index is 11.0. The van der Waals surface area contributed by atoms with Crippen LogP contribution >= 0.6 is 0 Å². The molecule has 11 nitrogen and oxygen atoms in total. The zero-order valence-electron chi connectivity index (χ0n) is 12.1. The monoisotopic (exact) mass is 344 g/mol. The summed E-state index contributed by atoms with van der Waals surface area (Å²) in [5.74, 6) is -1.39. The predicted octanol–water partition coefficient (Wildman–Crippen LogP) is -1.50. The van der Waals surface area contributed by atoms with Gasteiger partial charge in [-0.1, -0.05) is 0 Å². The molecule has 0 spiro atoms. The average Bonchev–Trinajstić information content (AvgIpc) is 2.55. The van der Waals surface area contributed by atoms with E-state index in [2.05, 4.69) is 5.32 Å². The first kappa shape index (κ1) is 18.0. The van der Waals surface area contributed by atoms with Crippen LogP contribution in [-0.4, -0.2) is 73.7 Å². The minimum atomic E-state index is -1.63. The Kier molecular flexibility index (Phi) is 5.31. The van der Waals surface area contributed by atoms with Gasteiger partial charge in [-0.3, -0.25) is 10.1 Å². The number of carboxylic acids is 1. The van der Waals surface area contributed by atoms with Gasteiger partial charge in [-0.15, -0.1) is 0 Å². The molecular formula is C13H16N2O9. The Morgan fingerprint density at radius 1 is 1.21 bits per heavy atom. The summed E-state index contributed by atoms with van der Waals surface area (Å²) in [6.45, 7) is -0.640. The number of anilines is 1. The van der Waals surface area contributed by atoms with E-state index in [1.165, 1.54) is 0 Å². The van der Waals surface area contributed by atoms with Gasteiger partial charge in [0, 0.05) is 17.8 Å². The molecule has 1 heterocycles. The summed E-state index contributed by atoms with van der Waals surface area (Å²) in [5, 5.41) is 60.8. The zero-order chi connectivity index (χ0) is 18.0. The second-order valence-corrected chi connectivity index (χ2v) is 5.22. The Hall–Kier alpha value is -2.31. The first-order valence-electron chi connectivity index (χ1n) is 6.84. The largest absolute Gasteiger partial charge is 0.478 e. The van der Waals surface area contributed by atoms with Crippen molar-refractivity contribution in [2.45, 2.75) is 30.6 Å². The van der Waals surface area contributed by atoms with Crippen LogP contribution in [-0.2, 0) is 4.74 Å². The van der Waals surface area contributed by atoms with E-state index in [0.717, 1.165) is 18.2 Å². The van der Waals surface area contributed by atoms with Crippen molar-refractivity contribution in [3.05, 3.63) is 33.9 Å². The third kappa shape index (κ3) is 3.60. The van der Waals surface area contributed by atoms with Crippen molar-refractivity contribution in [2.24, 2.45) is 0 Å². The molecule has 132 valence electrons. The van der Waals surface area contributed by atoms with Crippen molar-refractivity contribution in [3.63, 3.8) is 0 Å². The lowest BCUT2D eigenvalue weighted by Gasteiger charge is -2.40. The predicted molar refractivity (Wildman–Crippen MR) is 77.4 cm³/mol. The first-order chi connectivity index (χ1) is 11.2. The molecule has 1 aliphatic heterocycles. The molecule has 0 aromatic heterocycles. The van der Waals surface area contributed by atoms with Crippen LogP contribution in [0.15, 0.2) is 18.2 Å². The van der Waals surface area contributed by atoms with Crippen LogP contribution in [0, 0.1) is 10.1 Å². The van der Waals surface area contributed by atoms with Crippen molar-refractivity contribution < 1.29 is 40.0 Å². The molecule has 6 N–H and O–H groups in total. The van der Waals surface area contributed by atoms with Crippen LogP contribution in [0.1, 0.15) is 10.4 Å². The van der Waals surface area contributed by atoms with Crippen molar-refractivity contribution in [2.75, 3.05) is 11.9 Å². The van der Waals surface area contributed by atoms with E-state index in [1.807, 2.05) is 0 Å². The van der Waals surface area contributed by atoms with Gasteiger partial charge in [0.05, 0.1) is 17.1 Å². The fourth-order valence-corrected chi connectivity index (χ4v) is 2.31. The lowest BCUT2D eigenvalue weighted by molar-refractivity contribution is -0.384. The smallest absolute Gasteiger partial charge is 0.336 e. The van der Waals surface area contributed by atoms with Crippen molar-refractivity contribution in [1.29, 1.82) is 0 Å². The summed E-state index contributed by atoms with van der Waals surface area (Å²) < 4.78 is 5.20. The average molecular weight is 344 g/mol. The molecular weight excluding hydrogens is 328 g/mol. The third-order valence-electron chi connectivity index (χ3n) is 3.58. The molecule has 24 heavy (non-hydrogen) atoms. The molecule has 0 amide bonds. The number of nitro groups is 1. The summed E-state index contributed by atoms with van der Waals surface area (Å²) in [6, 6.07) is 2.96. The fraction of sp³-hybridized carbons (Fsp3) is 0.462. The molecule has 1 aliphatic rings. The van der Waals surface area contributed by atoms with Gasteiger partial charge < -0.3 is 35.6 Å². The van der Waals surface area contributed by atoms with Gasteiger partial charge >= 0.3 is 5.97 Å². The normalized spacial score (nSPS) is 29.9. The van der Waals surface area contributed by atoms with E-state index in [0.29, 0.717) is 0 Å². The standard InChI is InChI=1S/C13H16N2O9/c16-4-8-9(17)10(18)11(19)12(24-8)14-6-1-5(13(20)21)2-7(3-6)15(22)23/h1-3,8-12,14,16-19H,4H2,(H,20,21). The minimum Gasteiger partial charge on any atom is -0.478 e. The van der Waals surface area contributed by atoms with Crippen molar-refractivity contribution in [1.82, 2.24) is 0 Å². The molecule has 2 rings (SSSR count). The Balaban J connectivity index is 2.29. The number of aromatic carboxylic acids is 1. The molecule has 1 saturated heterocycles.